The lowest BCUT2D eigenvalue weighted by molar-refractivity contribution is -0.125. The van der Waals surface area contributed by atoms with E-state index in [1.54, 1.807) is 0 Å². The quantitative estimate of drug-likeness (QED) is 0.673. The summed E-state index contributed by atoms with van der Waals surface area (Å²) in [5, 5.41) is 5.84. The summed E-state index contributed by atoms with van der Waals surface area (Å²) in [6.07, 6.45) is 8.81. The minimum Gasteiger partial charge on any atom is -0.368 e. The number of rotatable bonds is 7. The van der Waals surface area contributed by atoms with E-state index in [2.05, 4.69) is 39.8 Å². The predicted octanol–water partition coefficient (Wildman–Crippen LogP) is 2.92. The Hall–Kier alpha value is -2.08. The van der Waals surface area contributed by atoms with Gasteiger partial charge in [0, 0.05) is 19.1 Å². The van der Waals surface area contributed by atoms with Crippen LogP contribution in [0, 0.1) is 0 Å². The zero-order chi connectivity index (χ0) is 19.8. The van der Waals surface area contributed by atoms with Gasteiger partial charge in [0.25, 0.3) is 0 Å². The summed E-state index contributed by atoms with van der Waals surface area (Å²) in [6.45, 7) is 2.68. The van der Waals surface area contributed by atoms with Crippen LogP contribution in [0.4, 0.5) is 4.79 Å². The van der Waals surface area contributed by atoms with Gasteiger partial charge >= 0.3 is 6.03 Å². The highest BCUT2D eigenvalue weighted by Gasteiger charge is 2.39. The molecule has 4 N–H and O–H groups in total. The van der Waals surface area contributed by atoms with Crippen LogP contribution in [0.15, 0.2) is 30.3 Å². The largest absolute Gasteiger partial charge is 0.368 e. The number of nitrogens with two attached hydrogens (primary N) is 1. The fraction of sp³-hybridized carbons (Fsp3) is 0.636. The monoisotopic (exact) mass is 386 g/mol. The van der Waals surface area contributed by atoms with Gasteiger partial charge in [0.2, 0.25) is 5.91 Å². The molecule has 2 fully saturated rings. The van der Waals surface area contributed by atoms with Gasteiger partial charge in [0.15, 0.2) is 0 Å². The molecule has 1 heterocycles. The Balaban J connectivity index is 1.47. The number of likely N-dealkylation sites (tertiary alicyclic amines) is 1. The highest BCUT2D eigenvalue weighted by molar-refractivity contribution is 5.90. The Morgan fingerprint density at radius 2 is 1.82 bits per heavy atom. The molecule has 1 aromatic rings. The first-order chi connectivity index (χ1) is 13.6. The van der Waals surface area contributed by atoms with E-state index in [1.165, 1.54) is 24.8 Å². The summed E-state index contributed by atoms with van der Waals surface area (Å²) in [6, 6.07) is 10.8. The van der Waals surface area contributed by atoms with Crippen LogP contribution in [0.1, 0.15) is 63.4 Å². The lowest BCUT2D eigenvalue weighted by Crippen LogP contribution is -2.60. The number of primary amides is 1. The van der Waals surface area contributed by atoms with Crippen molar-refractivity contribution < 1.29 is 9.59 Å². The second kappa shape index (κ2) is 9.92. The number of nitrogens with zero attached hydrogens (tertiary/aromatic N) is 1. The third-order valence-corrected chi connectivity index (χ3v) is 6.27. The third-order valence-electron chi connectivity index (χ3n) is 6.27. The Morgan fingerprint density at radius 1 is 1.07 bits per heavy atom. The molecule has 0 bridgehead atoms. The van der Waals surface area contributed by atoms with E-state index in [0.717, 1.165) is 38.8 Å². The molecule has 1 atom stereocenters. The van der Waals surface area contributed by atoms with Crippen LogP contribution in [0.25, 0.3) is 0 Å². The molecular formula is C22H34N4O2. The second-order valence-electron chi connectivity index (χ2n) is 8.28. The van der Waals surface area contributed by atoms with E-state index >= 15 is 0 Å². The molecule has 3 amide bonds. The summed E-state index contributed by atoms with van der Waals surface area (Å²) in [5.74, 6) is -0.413. The maximum absolute atomic E-state index is 12.4. The van der Waals surface area contributed by atoms with Crippen molar-refractivity contribution in [2.24, 2.45) is 5.73 Å². The molecule has 1 saturated heterocycles. The van der Waals surface area contributed by atoms with Crippen molar-refractivity contribution in [1.29, 1.82) is 0 Å². The number of carbonyl (C=O) groups excluding carboxylic acids is 2. The van der Waals surface area contributed by atoms with E-state index in [0.29, 0.717) is 25.4 Å². The van der Waals surface area contributed by atoms with Crippen molar-refractivity contribution in [3.8, 4) is 0 Å². The second-order valence-corrected chi connectivity index (χ2v) is 8.28. The Bertz CT molecular complexity index is 643. The van der Waals surface area contributed by atoms with Crippen LogP contribution >= 0.6 is 0 Å². The summed E-state index contributed by atoms with van der Waals surface area (Å²) in [4.78, 5) is 26.8. The topological polar surface area (TPSA) is 87.5 Å². The highest BCUT2D eigenvalue weighted by Crippen LogP contribution is 2.28. The molecule has 6 nitrogen and oxygen atoms in total. The first-order valence-electron chi connectivity index (χ1n) is 10.7. The molecule has 0 radical (unpaired) electrons. The molecule has 6 heteroatoms. The van der Waals surface area contributed by atoms with Crippen molar-refractivity contribution >= 4 is 11.9 Å². The number of urea groups is 1. The first kappa shape index (κ1) is 20.6. The number of piperidine rings is 1. The average Bonchev–Trinajstić information content (AvgIpc) is 2.70. The third kappa shape index (κ3) is 5.47. The van der Waals surface area contributed by atoms with Crippen molar-refractivity contribution in [2.45, 2.75) is 75.9 Å². The maximum Gasteiger partial charge on any atom is 0.315 e. The smallest absolute Gasteiger partial charge is 0.315 e. The van der Waals surface area contributed by atoms with E-state index in [4.69, 9.17) is 5.73 Å². The fourth-order valence-electron chi connectivity index (χ4n) is 4.62. The number of hydrogen-bond acceptors (Lipinski definition) is 3. The average molecular weight is 387 g/mol. The number of benzene rings is 1. The van der Waals surface area contributed by atoms with Gasteiger partial charge in [-0.05, 0) is 44.2 Å². The molecular weight excluding hydrogens is 352 g/mol. The van der Waals surface area contributed by atoms with Crippen LogP contribution in [-0.4, -0.2) is 41.5 Å². The molecule has 154 valence electrons. The summed E-state index contributed by atoms with van der Waals surface area (Å²) < 4.78 is 0. The molecule has 3 rings (SSSR count). The minimum absolute atomic E-state index is 0.272. The van der Waals surface area contributed by atoms with Gasteiger partial charge in [-0.15, -0.1) is 0 Å². The molecule has 1 unspecified atom stereocenters. The number of hydrogen-bond donors (Lipinski definition) is 3. The zero-order valence-corrected chi connectivity index (χ0v) is 16.8. The summed E-state index contributed by atoms with van der Waals surface area (Å²) in [7, 11) is 0. The zero-order valence-electron chi connectivity index (χ0n) is 16.8. The van der Waals surface area contributed by atoms with Crippen LogP contribution < -0.4 is 16.4 Å². The van der Waals surface area contributed by atoms with E-state index in [9.17, 15) is 9.59 Å². The number of nitrogens with one attached hydrogen (secondary N) is 2. The van der Waals surface area contributed by atoms with Gasteiger partial charge < -0.3 is 16.4 Å². The van der Waals surface area contributed by atoms with Crippen LogP contribution in [0.3, 0.4) is 0 Å². The Labute approximate surface area is 168 Å². The predicted molar refractivity (Wildman–Crippen MR) is 111 cm³/mol. The summed E-state index contributed by atoms with van der Waals surface area (Å²) >= 11 is 0. The van der Waals surface area contributed by atoms with Gasteiger partial charge in [-0.1, -0.05) is 56.0 Å². The maximum atomic E-state index is 12.4. The molecule has 28 heavy (non-hydrogen) atoms. The number of carbonyl (C=O) groups is 2. The van der Waals surface area contributed by atoms with Crippen LogP contribution in [-0.2, 0) is 11.3 Å². The van der Waals surface area contributed by atoms with Crippen LogP contribution in [0.5, 0.6) is 0 Å². The molecule has 2 aliphatic rings. The SMILES string of the molecule is NC(=O)C1(NC(=O)NCCC2CCCCN2Cc2ccccc2)CCCCC1. The van der Waals surface area contributed by atoms with Gasteiger partial charge in [0.05, 0.1) is 0 Å². The molecule has 1 saturated carbocycles. The van der Waals surface area contributed by atoms with Gasteiger partial charge in [-0.3, -0.25) is 9.69 Å². The molecule has 1 aliphatic heterocycles. The van der Waals surface area contributed by atoms with E-state index in [-0.39, 0.29) is 6.03 Å². The van der Waals surface area contributed by atoms with Gasteiger partial charge in [-0.2, -0.15) is 0 Å². The minimum atomic E-state index is -0.869. The normalized spacial score (nSPS) is 22.4. The van der Waals surface area contributed by atoms with Crippen LogP contribution in [0.2, 0.25) is 0 Å². The van der Waals surface area contributed by atoms with Gasteiger partial charge in [0.1, 0.15) is 5.54 Å². The lowest BCUT2D eigenvalue weighted by atomic mass is 9.81. The van der Waals surface area contributed by atoms with Gasteiger partial charge in [-0.25, -0.2) is 4.79 Å². The number of amides is 3. The molecule has 0 aromatic heterocycles. The molecule has 0 spiro atoms. The highest BCUT2D eigenvalue weighted by atomic mass is 16.2. The molecule has 1 aliphatic carbocycles. The first-order valence-corrected chi connectivity index (χ1v) is 10.7. The van der Waals surface area contributed by atoms with Crippen molar-refractivity contribution in [2.75, 3.05) is 13.1 Å². The Kier molecular flexibility index (Phi) is 7.31. The lowest BCUT2D eigenvalue weighted by Gasteiger charge is -2.36. The van der Waals surface area contributed by atoms with Crippen molar-refractivity contribution in [3.05, 3.63) is 35.9 Å². The molecule has 1 aromatic carbocycles. The van der Waals surface area contributed by atoms with Crippen molar-refractivity contribution in [3.63, 3.8) is 0 Å². The standard InChI is InChI=1S/C22H34N4O2/c23-20(27)22(13-6-2-7-14-22)25-21(28)24-15-12-19-11-5-8-16-26(19)17-18-9-3-1-4-10-18/h1,3-4,9-10,19H,2,5-8,11-17H2,(H2,23,27)(H2,24,25,28). The fourth-order valence-corrected chi connectivity index (χ4v) is 4.62. The Morgan fingerprint density at radius 3 is 2.54 bits per heavy atom. The van der Waals surface area contributed by atoms with E-state index in [1.807, 2.05) is 6.07 Å². The van der Waals surface area contributed by atoms with Crippen molar-refractivity contribution in [1.82, 2.24) is 15.5 Å². The summed E-state index contributed by atoms with van der Waals surface area (Å²) in [5.41, 5.74) is 6.06. The van der Waals surface area contributed by atoms with E-state index < -0.39 is 11.4 Å².